The Kier molecular flexibility index (Phi) is 19.3. The molecular formula is C24H47N. The zero-order chi connectivity index (χ0) is 18.6. The van der Waals surface area contributed by atoms with Gasteiger partial charge in [-0.1, -0.05) is 89.5 Å². The first-order valence-electron chi connectivity index (χ1n) is 11.2. The summed E-state index contributed by atoms with van der Waals surface area (Å²) in [5.74, 6) is 0.828. The van der Waals surface area contributed by atoms with E-state index < -0.39 is 0 Å². The zero-order valence-corrected chi connectivity index (χ0v) is 17.8. The van der Waals surface area contributed by atoms with Gasteiger partial charge in [0.15, 0.2) is 0 Å². The first kappa shape index (κ1) is 24.4. The Bertz CT molecular complexity index is 305. The van der Waals surface area contributed by atoms with Gasteiger partial charge in [0.05, 0.1) is 0 Å². The molecule has 0 aliphatic rings. The predicted molar refractivity (Wildman–Crippen MR) is 116 cm³/mol. The quantitative estimate of drug-likeness (QED) is 0.185. The van der Waals surface area contributed by atoms with Crippen molar-refractivity contribution in [2.45, 2.75) is 110 Å². The molecule has 0 bridgehead atoms. The van der Waals surface area contributed by atoms with Gasteiger partial charge in [0, 0.05) is 0 Å². The van der Waals surface area contributed by atoms with Gasteiger partial charge in [-0.05, 0) is 64.5 Å². The molecule has 0 saturated heterocycles. The van der Waals surface area contributed by atoms with Gasteiger partial charge < -0.3 is 5.32 Å². The molecule has 0 aliphatic carbocycles. The fourth-order valence-corrected chi connectivity index (χ4v) is 3.50. The third-order valence-corrected chi connectivity index (χ3v) is 5.10. The van der Waals surface area contributed by atoms with Crippen molar-refractivity contribution >= 4 is 0 Å². The summed E-state index contributed by atoms with van der Waals surface area (Å²) in [5, 5.41) is 3.37. The molecule has 0 aliphatic heterocycles. The van der Waals surface area contributed by atoms with Crippen molar-refractivity contribution < 1.29 is 0 Å². The van der Waals surface area contributed by atoms with Gasteiger partial charge in [0.1, 0.15) is 0 Å². The number of hydrogen-bond acceptors (Lipinski definition) is 1. The molecule has 1 unspecified atom stereocenters. The van der Waals surface area contributed by atoms with Crippen LogP contribution >= 0.6 is 0 Å². The van der Waals surface area contributed by atoms with E-state index in [4.69, 9.17) is 0 Å². The molecule has 25 heavy (non-hydrogen) atoms. The molecule has 0 aromatic rings. The van der Waals surface area contributed by atoms with Crippen molar-refractivity contribution in [3.8, 4) is 0 Å². The van der Waals surface area contributed by atoms with E-state index in [2.05, 4.69) is 44.9 Å². The highest BCUT2D eigenvalue weighted by Gasteiger charge is 2.05. The van der Waals surface area contributed by atoms with Crippen molar-refractivity contribution in [3.63, 3.8) is 0 Å². The number of unbranched alkanes of at least 4 members (excludes halogenated alkanes) is 8. The molecule has 1 atom stereocenters. The maximum absolute atomic E-state index is 4.15. The molecule has 0 rings (SSSR count). The minimum atomic E-state index is 0.828. The monoisotopic (exact) mass is 349 g/mol. The first-order chi connectivity index (χ1) is 12.2. The summed E-state index contributed by atoms with van der Waals surface area (Å²) in [6.45, 7) is 9.85. The van der Waals surface area contributed by atoms with Crippen molar-refractivity contribution in [2.24, 2.45) is 5.92 Å². The Morgan fingerprint density at radius 1 is 0.840 bits per heavy atom. The van der Waals surface area contributed by atoms with Gasteiger partial charge in [-0.3, -0.25) is 0 Å². The van der Waals surface area contributed by atoms with Crippen LogP contribution in [0.5, 0.6) is 0 Å². The summed E-state index contributed by atoms with van der Waals surface area (Å²) in [5.41, 5.74) is 1.45. The van der Waals surface area contributed by atoms with Crippen molar-refractivity contribution in [3.05, 3.63) is 24.3 Å². The summed E-state index contributed by atoms with van der Waals surface area (Å²) in [6.07, 6.45) is 24.9. The Morgan fingerprint density at radius 2 is 1.56 bits per heavy atom. The van der Waals surface area contributed by atoms with E-state index in [0.717, 1.165) is 5.92 Å². The fourth-order valence-electron chi connectivity index (χ4n) is 3.50. The van der Waals surface area contributed by atoms with Crippen LogP contribution in [0.25, 0.3) is 0 Å². The van der Waals surface area contributed by atoms with Crippen LogP contribution in [0.2, 0.25) is 0 Å². The van der Waals surface area contributed by atoms with Crippen molar-refractivity contribution in [1.82, 2.24) is 5.32 Å². The second-order valence-electron chi connectivity index (χ2n) is 7.79. The topological polar surface area (TPSA) is 12.0 Å². The Morgan fingerprint density at radius 3 is 2.28 bits per heavy atom. The third kappa shape index (κ3) is 18.0. The van der Waals surface area contributed by atoms with E-state index >= 15 is 0 Å². The van der Waals surface area contributed by atoms with Gasteiger partial charge in [-0.15, -0.1) is 0 Å². The molecule has 1 heteroatoms. The Hall–Kier alpha value is -0.560. The highest BCUT2D eigenvalue weighted by atomic mass is 14.8. The summed E-state index contributed by atoms with van der Waals surface area (Å²) >= 11 is 0. The minimum absolute atomic E-state index is 0.828. The predicted octanol–water partition coefficient (Wildman–Crippen LogP) is 7.83. The van der Waals surface area contributed by atoms with Crippen LogP contribution < -0.4 is 5.32 Å². The lowest BCUT2D eigenvalue weighted by Crippen LogP contribution is -2.18. The Balaban J connectivity index is 3.53. The summed E-state index contributed by atoms with van der Waals surface area (Å²) < 4.78 is 0. The standard InChI is InChI=1S/C24H47N/c1-5-7-8-16-20-24(22-25-4)21-17-14-12-10-9-11-13-15-19-23(3)18-6-2/h14,17,24-25H,3,5-13,15-16,18-22H2,1-2,4H3/b17-14-. The van der Waals surface area contributed by atoms with E-state index in [-0.39, 0.29) is 0 Å². The summed E-state index contributed by atoms with van der Waals surface area (Å²) in [7, 11) is 2.08. The Labute approximate surface area is 159 Å². The molecule has 0 radical (unpaired) electrons. The van der Waals surface area contributed by atoms with Crippen LogP contribution in [0.3, 0.4) is 0 Å². The van der Waals surface area contributed by atoms with Crippen LogP contribution in [0.15, 0.2) is 24.3 Å². The smallest absolute Gasteiger partial charge is 0.00206 e. The van der Waals surface area contributed by atoms with E-state index in [1.54, 1.807) is 0 Å². The highest BCUT2D eigenvalue weighted by Crippen LogP contribution is 2.16. The lowest BCUT2D eigenvalue weighted by Gasteiger charge is -2.14. The van der Waals surface area contributed by atoms with Gasteiger partial charge in [0.25, 0.3) is 0 Å². The number of nitrogens with one attached hydrogen (secondary N) is 1. The molecule has 0 amide bonds. The minimum Gasteiger partial charge on any atom is -0.319 e. The number of rotatable bonds is 19. The van der Waals surface area contributed by atoms with Crippen LogP contribution in [-0.4, -0.2) is 13.6 Å². The van der Waals surface area contributed by atoms with Gasteiger partial charge >= 0.3 is 0 Å². The maximum Gasteiger partial charge on any atom is -0.00206 e. The summed E-state index contributed by atoms with van der Waals surface area (Å²) in [6, 6.07) is 0. The molecule has 148 valence electrons. The number of allylic oxidation sites excluding steroid dienone is 3. The molecule has 0 fully saturated rings. The van der Waals surface area contributed by atoms with E-state index in [1.165, 1.54) is 108 Å². The molecule has 1 N–H and O–H groups in total. The average Bonchev–Trinajstić information content (AvgIpc) is 2.60. The van der Waals surface area contributed by atoms with Crippen molar-refractivity contribution in [2.75, 3.05) is 13.6 Å². The summed E-state index contributed by atoms with van der Waals surface area (Å²) in [4.78, 5) is 0. The van der Waals surface area contributed by atoms with Crippen LogP contribution in [-0.2, 0) is 0 Å². The SMILES string of the molecule is C=C(CCC)CCCCCCC/C=C\CC(CCCCCC)CNC. The lowest BCUT2D eigenvalue weighted by atomic mass is 9.97. The third-order valence-electron chi connectivity index (χ3n) is 5.10. The molecule has 0 aromatic carbocycles. The van der Waals surface area contributed by atoms with E-state index in [0.29, 0.717) is 0 Å². The average molecular weight is 350 g/mol. The molecule has 0 aromatic heterocycles. The molecule has 0 heterocycles. The molecule has 0 saturated carbocycles. The highest BCUT2D eigenvalue weighted by molar-refractivity contribution is 4.92. The maximum atomic E-state index is 4.15. The fraction of sp³-hybridized carbons (Fsp3) is 0.833. The second-order valence-corrected chi connectivity index (χ2v) is 7.79. The number of hydrogen-bond donors (Lipinski definition) is 1. The van der Waals surface area contributed by atoms with Crippen LogP contribution in [0.1, 0.15) is 110 Å². The molecule has 1 nitrogen and oxygen atoms in total. The van der Waals surface area contributed by atoms with Crippen molar-refractivity contribution in [1.29, 1.82) is 0 Å². The van der Waals surface area contributed by atoms with E-state index in [1.807, 2.05) is 0 Å². The normalized spacial score (nSPS) is 12.8. The first-order valence-corrected chi connectivity index (χ1v) is 11.2. The largest absolute Gasteiger partial charge is 0.319 e. The van der Waals surface area contributed by atoms with Gasteiger partial charge in [0.2, 0.25) is 0 Å². The second kappa shape index (κ2) is 19.8. The van der Waals surface area contributed by atoms with Crippen LogP contribution in [0, 0.1) is 5.92 Å². The zero-order valence-electron chi connectivity index (χ0n) is 17.8. The van der Waals surface area contributed by atoms with E-state index in [9.17, 15) is 0 Å². The van der Waals surface area contributed by atoms with Gasteiger partial charge in [-0.25, -0.2) is 0 Å². The molecule has 0 spiro atoms. The molecular weight excluding hydrogens is 302 g/mol. The van der Waals surface area contributed by atoms with Crippen LogP contribution in [0.4, 0.5) is 0 Å². The lowest BCUT2D eigenvalue weighted by molar-refractivity contribution is 0.441. The van der Waals surface area contributed by atoms with Gasteiger partial charge in [-0.2, -0.15) is 0 Å².